The Bertz CT molecular complexity index is 746. The number of hydrogen-bond donors (Lipinski definition) is 0. The first-order valence-electron chi connectivity index (χ1n) is 9.17. The van der Waals surface area contributed by atoms with Crippen LogP contribution in [0.5, 0.6) is 5.75 Å². The van der Waals surface area contributed by atoms with E-state index in [0.717, 1.165) is 38.5 Å². The largest absolute Gasteiger partial charge is 0.496 e. The van der Waals surface area contributed by atoms with E-state index in [1.54, 1.807) is 7.11 Å². The van der Waals surface area contributed by atoms with Gasteiger partial charge in [0.2, 0.25) is 0 Å². The van der Waals surface area contributed by atoms with E-state index < -0.39 is 0 Å². The Labute approximate surface area is 152 Å². The molecule has 1 heterocycles. The van der Waals surface area contributed by atoms with Crippen molar-refractivity contribution in [1.82, 2.24) is 4.90 Å². The Morgan fingerprint density at radius 1 is 0.880 bits per heavy atom. The average Bonchev–Trinajstić information content (AvgIpc) is 2.61. The van der Waals surface area contributed by atoms with Crippen LogP contribution in [0.25, 0.3) is 0 Å². The fourth-order valence-corrected chi connectivity index (χ4v) is 3.71. The van der Waals surface area contributed by atoms with Crippen molar-refractivity contribution in [3.63, 3.8) is 0 Å². The second-order valence-electron chi connectivity index (χ2n) is 7.23. The Morgan fingerprint density at radius 2 is 1.60 bits per heavy atom. The van der Waals surface area contributed by atoms with Gasteiger partial charge < -0.3 is 9.64 Å². The highest BCUT2D eigenvalue weighted by molar-refractivity contribution is 5.56. The minimum atomic E-state index is 0.987. The number of methoxy groups -OCH3 is 1. The number of benzene rings is 2. The van der Waals surface area contributed by atoms with Gasteiger partial charge >= 0.3 is 0 Å². The Kier molecular flexibility index (Phi) is 5.33. The lowest BCUT2D eigenvalue weighted by Gasteiger charge is -2.37. The third kappa shape index (κ3) is 3.82. The summed E-state index contributed by atoms with van der Waals surface area (Å²) < 4.78 is 5.43. The quantitative estimate of drug-likeness (QED) is 0.829. The van der Waals surface area contributed by atoms with Gasteiger partial charge in [0, 0.05) is 38.4 Å². The molecule has 0 atom stereocenters. The molecule has 3 rings (SSSR count). The number of anilines is 1. The lowest BCUT2D eigenvalue weighted by atomic mass is 10.0. The number of rotatable bonds is 4. The molecule has 0 bridgehead atoms. The highest BCUT2D eigenvalue weighted by Crippen LogP contribution is 2.26. The van der Waals surface area contributed by atoms with Crippen LogP contribution >= 0.6 is 0 Å². The normalized spacial score (nSPS) is 15.5. The number of piperazine rings is 1. The number of ether oxygens (including phenoxy) is 1. The van der Waals surface area contributed by atoms with Crippen molar-refractivity contribution >= 4 is 5.69 Å². The van der Waals surface area contributed by atoms with Gasteiger partial charge in [-0.15, -0.1) is 0 Å². The maximum Gasteiger partial charge on any atom is 0.122 e. The summed E-state index contributed by atoms with van der Waals surface area (Å²) >= 11 is 0. The first kappa shape index (κ1) is 17.8. The second kappa shape index (κ2) is 7.49. The predicted molar refractivity (Wildman–Crippen MR) is 106 cm³/mol. The number of nitrogens with zero attached hydrogens (tertiary/aromatic N) is 2. The van der Waals surface area contributed by atoms with Crippen LogP contribution in [-0.2, 0) is 6.54 Å². The van der Waals surface area contributed by atoms with E-state index >= 15 is 0 Å². The minimum Gasteiger partial charge on any atom is -0.496 e. The molecule has 1 aliphatic heterocycles. The van der Waals surface area contributed by atoms with Crippen LogP contribution in [0.3, 0.4) is 0 Å². The zero-order valence-electron chi connectivity index (χ0n) is 16.2. The summed E-state index contributed by atoms with van der Waals surface area (Å²) in [7, 11) is 1.74. The molecule has 0 spiro atoms. The minimum absolute atomic E-state index is 0.987. The van der Waals surface area contributed by atoms with E-state index in [0.29, 0.717) is 0 Å². The van der Waals surface area contributed by atoms with Gasteiger partial charge in [-0.3, -0.25) is 4.90 Å². The van der Waals surface area contributed by atoms with Crippen LogP contribution in [0.15, 0.2) is 30.3 Å². The molecule has 3 nitrogen and oxygen atoms in total. The predicted octanol–water partition coefficient (Wildman–Crippen LogP) is 4.25. The maximum absolute atomic E-state index is 5.43. The number of hydrogen-bond acceptors (Lipinski definition) is 3. The molecule has 0 radical (unpaired) electrons. The maximum atomic E-state index is 5.43. The van der Waals surface area contributed by atoms with Gasteiger partial charge in [0.05, 0.1) is 7.11 Å². The van der Waals surface area contributed by atoms with Crippen LogP contribution in [-0.4, -0.2) is 38.2 Å². The summed E-state index contributed by atoms with van der Waals surface area (Å²) in [5, 5.41) is 0. The zero-order chi connectivity index (χ0) is 18.0. The molecule has 2 aromatic rings. The molecule has 0 aliphatic carbocycles. The first-order chi connectivity index (χ1) is 12.0. The summed E-state index contributed by atoms with van der Waals surface area (Å²) in [6.45, 7) is 14.2. The summed E-state index contributed by atoms with van der Waals surface area (Å²) in [5.74, 6) is 0.987. The molecule has 134 valence electrons. The summed E-state index contributed by atoms with van der Waals surface area (Å²) in [4.78, 5) is 5.10. The Balaban J connectivity index is 1.65. The molecule has 0 amide bonds. The van der Waals surface area contributed by atoms with Gasteiger partial charge in [-0.1, -0.05) is 18.2 Å². The third-order valence-corrected chi connectivity index (χ3v) is 5.54. The van der Waals surface area contributed by atoms with Gasteiger partial charge in [-0.2, -0.15) is 0 Å². The molecule has 1 fully saturated rings. The van der Waals surface area contributed by atoms with Crippen molar-refractivity contribution < 1.29 is 4.74 Å². The standard InChI is InChI=1S/C22H30N2O/c1-16-7-6-8-21(19(16)4)24-11-9-23(10-12-24)15-20-13-18(3)22(25-5)14-17(20)2/h6-8,13-14H,9-12,15H2,1-5H3. The van der Waals surface area contributed by atoms with Crippen molar-refractivity contribution in [2.75, 3.05) is 38.2 Å². The number of aryl methyl sites for hydroxylation is 3. The van der Waals surface area contributed by atoms with Crippen molar-refractivity contribution in [1.29, 1.82) is 0 Å². The van der Waals surface area contributed by atoms with Gasteiger partial charge in [-0.05, 0) is 67.6 Å². The first-order valence-corrected chi connectivity index (χ1v) is 9.17. The fraction of sp³-hybridized carbons (Fsp3) is 0.455. The van der Waals surface area contributed by atoms with Crippen LogP contribution in [0.2, 0.25) is 0 Å². The average molecular weight is 338 g/mol. The lowest BCUT2D eigenvalue weighted by Crippen LogP contribution is -2.46. The van der Waals surface area contributed by atoms with Crippen molar-refractivity contribution in [3.8, 4) is 5.75 Å². The molecule has 0 aromatic heterocycles. The highest BCUT2D eigenvalue weighted by atomic mass is 16.5. The van der Waals surface area contributed by atoms with Gasteiger partial charge in [-0.25, -0.2) is 0 Å². The van der Waals surface area contributed by atoms with Crippen molar-refractivity contribution in [2.45, 2.75) is 34.2 Å². The Hall–Kier alpha value is -2.00. The summed E-state index contributed by atoms with van der Waals surface area (Å²) in [5.41, 5.74) is 8.15. The zero-order valence-corrected chi connectivity index (χ0v) is 16.2. The van der Waals surface area contributed by atoms with Crippen LogP contribution < -0.4 is 9.64 Å². The monoisotopic (exact) mass is 338 g/mol. The topological polar surface area (TPSA) is 15.7 Å². The van der Waals surface area contributed by atoms with Gasteiger partial charge in [0.15, 0.2) is 0 Å². The molecule has 25 heavy (non-hydrogen) atoms. The molecule has 0 unspecified atom stereocenters. The smallest absolute Gasteiger partial charge is 0.122 e. The molecule has 0 saturated carbocycles. The molecule has 1 saturated heterocycles. The van der Waals surface area contributed by atoms with Crippen LogP contribution in [0.1, 0.15) is 27.8 Å². The van der Waals surface area contributed by atoms with E-state index in [2.05, 4.69) is 67.8 Å². The summed E-state index contributed by atoms with van der Waals surface area (Å²) in [6.07, 6.45) is 0. The van der Waals surface area contributed by atoms with Crippen LogP contribution in [0, 0.1) is 27.7 Å². The SMILES string of the molecule is COc1cc(C)c(CN2CCN(c3cccc(C)c3C)CC2)cc1C. The van der Waals surface area contributed by atoms with Crippen molar-refractivity contribution in [3.05, 3.63) is 58.1 Å². The Morgan fingerprint density at radius 3 is 2.28 bits per heavy atom. The second-order valence-corrected chi connectivity index (χ2v) is 7.23. The van der Waals surface area contributed by atoms with E-state index in [1.807, 2.05) is 0 Å². The molecule has 1 aliphatic rings. The van der Waals surface area contributed by atoms with Gasteiger partial charge in [0.1, 0.15) is 5.75 Å². The molecule has 0 N–H and O–H groups in total. The molecular weight excluding hydrogens is 308 g/mol. The third-order valence-electron chi connectivity index (χ3n) is 5.54. The van der Waals surface area contributed by atoms with E-state index in [4.69, 9.17) is 4.74 Å². The highest BCUT2D eigenvalue weighted by Gasteiger charge is 2.19. The summed E-state index contributed by atoms with van der Waals surface area (Å²) in [6, 6.07) is 11.1. The van der Waals surface area contributed by atoms with E-state index in [-0.39, 0.29) is 0 Å². The fourth-order valence-electron chi connectivity index (χ4n) is 3.71. The molecule has 2 aromatic carbocycles. The van der Waals surface area contributed by atoms with Crippen molar-refractivity contribution in [2.24, 2.45) is 0 Å². The van der Waals surface area contributed by atoms with E-state index in [1.165, 1.54) is 33.5 Å². The van der Waals surface area contributed by atoms with Gasteiger partial charge in [0.25, 0.3) is 0 Å². The van der Waals surface area contributed by atoms with Crippen LogP contribution in [0.4, 0.5) is 5.69 Å². The lowest BCUT2D eigenvalue weighted by molar-refractivity contribution is 0.249. The van der Waals surface area contributed by atoms with E-state index in [9.17, 15) is 0 Å². The molecule has 3 heteroatoms. The molecular formula is C22H30N2O.